The normalized spacial score (nSPS) is 23.9. The summed E-state index contributed by atoms with van der Waals surface area (Å²) in [4.78, 5) is 11.6. The Hall–Kier alpha value is -1.15. The van der Waals surface area contributed by atoms with Crippen molar-refractivity contribution in [1.29, 1.82) is 0 Å². The summed E-state index contributed by atoms with van der Waals surface area (Å²) >= 11 is 0. The fraction of sp³-hybridized carbons (Fsp3) is 0.583. The van der Waals surface area contributed by atoms with E-state index in [1.807, 2.05) is 0 Å². The van der Waals surface area contributed by atoms with Crippen LogP contribution >= 0.6 is 0 Å². The van der Waals surface area contributed by atoms with Crippen molar-refractivity contribution in [3.05, 3.63) is 11.6 Å². The number of methoxy groups -OCH3 is 3. The Bertz CT molecular complexity index is 348. The summed E-state index contributed by atoms with van der Waals surface area (Å²) in [5.74, 6) is 5.76. The van der Waals surface area contributed by atoms with Crippen LogP contribution in [0.5, 0.6) is 0 Å². The first-order valence-corrected chi connectivity index (χ1v) is 4.95. The lowest BCUT2D eigenvalue weighted by Crippen LogP contribution is -2.25. The Morgan fingerprint density at radius 2 is 2.12 bits per heavy atom. The predicted molar refractivity (Wildman–Crippen MR) is 59.0 cm³/mol. The van der Waals surface area contributed by atoms with Gasteiger partial charge in [-0.1, -0.05) is 11.8 Å². The van der Waals surface area contributed by atoms with Crippen LogP contribution in [0.1, 0.15) is 6.42 Å². The minimum absolute atomic E-state index is 0.0235. The number of hydrogen-bond donors (Lipinski definition) is 0. The van der Waals surface area contributed by atoms with Gasteiger partial charge < -0.3 is 14.2 Å². The van der Waals surface area contributed by atoms with Gasteiger partial charge in [-0.25, -0.2) is 0 Å². The van der Waals surface area contributed by atoms with Crippen LogP contribution in [0.3, 0.4) is 0 Å². The number of ether oxygens (including phenoxy) is 3. The Morgan fingerprint density at radius 1 is 1.38 bits per heavy atom. The molecule has 88 valence electrons. The quantitative estimate of drug-likeness (QED) is 0.655. The molecular weight excluding hydrogens is 208 g/mol. The molecule has 1 aliphatic rings. The zero-order valence-electron chi connectivity index (χ0n) is 9.83. The zero-order valence-corrected chi connectivity index (χ0v) is 9.83. The smallest absolute Gasteiger partial charge is 0.165 e. The van der Waals surface area contributed by atoms with E-state index in [0.29, 0.717) is 18.8 Å². The van der Waals surface area contributed by atoms with Crippen molar-refractivity contribution in [3.63, 3.8) is 0 Å². The molecule has 1 atom stereocenters. The molecule has 0 heterocycles. The molecule has 1 unspecified atom stereocenters. The van der Waals surface area contributed by atoms with Crippen LogP contribution in [0.2, 0.25) is 0 Å². The summed E-state index contributed by atoms with van der Waals surface area (Å²) in [6.45, 7) is 0.628. The second kappa shape index (κ2) is 5.80. The van der Waals surface area contributed by atoms with E-state index in [4.69, 9.17) is 14.2 Å². The summed E-state index contributed by atoms with van der Waals surface area (Å²) in [5.41, 5.74) is -0.181. The van der Waals surface area contributed by atoms with Crippen LogP contribution in [0.15, 0.2) is 11.6 Å². The van der Waals surface area contributed by atoms with Gasteiger partial charge >= 0.3 is 0 Å². The summed E-state index contributed by atoms with van der Waals surface area (Å²) in [7, 11) is 4.67. The van der Waals surface area contributed by atoms with E-state index in [0.717, 1.165) is 0 Å². The van der Waals surface area contributed by atoms with Crippen LogP contribution in [-0.2, 0) is 19.0 Å². The molecule has 1 aliphatic carbocycles. The lowest BCUT2D eigenvalue weighted by atomic mass is 10.0. The summed E-state index contributed by atoms with van der Waals surface area (Å²) in [6.07, 6.45) is 1.99. The number of ketones is 1. The maximum atomic E-state index is 11.6. The molecule has 16 heavy (non-hydrogen) atoms. The van der Waals surface area contributed by atoms with Gasteiger partial charge in [0.1, 0.15) is 6.61 Å². The summed E-state index contributed by atoms with van der Waals surface area (Å²) in [6, 6.07) is 0. The molecule has 0 fully saturated rings. The standard InChI is InChI=1S/C12H16O4/c1-14-6-4-5-12(16-3)7-10(9-15-2)11(13)8-12/h7H,6,8-9H2,1-3H3. The molecule has 0 radical (unpaired) electrons. The molecule has 0 bridgehead atoms. The molecule has 4 heteroatoms. The van der Waals surface area contributed by atoms with E-state index >= 15 is 0 Å². The van der Waals surface area contributed by atoms with Crippen molar-refractivity contribution >= 4 is 5.78 Å². The third kappa shape index (κ3) is 2.92. The van der Waals surface area contributed by atoms with Gasteiger partial charge in [-0.3, -0.25) is 4.79 Å². The van der Waals surface area contributed by atoms with Crippen molar-refractivity contribution in [2.45, 2.75) is 12.0 Å². The molecule has 0 aromatic carbocycles. The molecule has 0 spiro atoms. The third-order valence-corrected chi connectivity index (χ3v) is 2.37. The van der Waals surface area contributed by atoms with E-state index in [-0.39, 0.29) is 12.2 Å². The van der Waals surface area contributed by atoms with Crippen molar-refractivity contribution < 1.29 is 19.0 Å². The highest BCUT2D eigenvalue weighted by atomic mass is 16.5. The van der Waals surface area contributed by atoms with Crippen molar-refractivity contribution in [3.8, 4) is 11.8 Å². The summed E-state index contributed by atoms with van der Waals surface area (Å²) in [5, 5.41) is 0. The lowest BCUT2D eigenvalue weighted by molar-refractivity contribution is -0.117. The molecular formula is C12H16O4. The van der Waals surface area contributed by atoms with E-state index in [2.05, 4.69) is 11.8 Å². The molecule has 0 aromatic rings. The van der Waals surface area contributed by atoms with E-state index in [1.165, 1.54) is 0 Å². The number of rotatable bonds is 4. The molecule has 0 saturated carbocycles. The molecule has 0 amide bonds. The second-order valence-electron chi connectivity index (χ2n) is 3.53. The first-order chi connectivity index (χ1) is 7.67. The number of carbonyl (C=O) groups excluding carboxylic acids is 1. The highest BCUT2D eigenvalue weighted by Crippen LogP contribution is 2.28. The average molecular weight is 224 g/mol. The lowest BCUT2D eigenvalue weighted by Gasteiger charge is -2.17. The highest BCUT2D eigenvalue weighted by molar-refractivity contribution is 6.00. The minimum Gasteiger partial charge on any atom is -0.380 e. The number of Topliss-reactive ketones (excluding diaryl/α,β-unsaturated/α-hetero) is 1. The molecule has 0 saturated heterocycles. The van der Waals surface area contributed by atoms with Gasteiger partial charge in [0, 0.05) is 26.9 Å². The molecule has 0 aliphatic heterocycles. The van der Waals surface area contributed by atoms with Gasteiger partial charge in [0.2, 0.25) is 0 Å². The van der Waals surface area contributed by atoms with Crippen molar-refractivity contribution in [1.82, 2.24) is 0 Å². The Morgan fingerprint density at radius 3 is 2.69 bits per heavy atom. The van der Waals surface area contributed by atoms with E-state index in [9.17, 15) is 4.79 Å². The monoisotopic (exact) mass is 224 g/mol. The molecule has 4 nitrogen and oxygen atoms in total. The van der Waals surface area contributed by atoms with Gasteiger partial charge in [-0.2, -0.15) is 0 Å². The van der Waals surface area contributed by atoms with Gasteiger partial charge in [0.25, 0.3) is 0 Å². The van der Waals surface area contributed by atoms with Gasteiger partial charge in [-0.05, 0) is 6.08 Å². The van der Waals surface area contributed by atoms with Crippen LogP contribution in [0.25, 0.3) is 0 Å². The van der Waals surface area contributed by atoms with Gasteiger partial charge in [-0.15, -0.1) is 0 Å². The van der Waals surface area contributed by atoms with Crippen LogP contribution in [0.4, 0.5) is 0 Å². The van der Waals surface area contributed by atoms with Crippen molar-refractivity contribution in [2.24, 2.45) is 0 Å². The maximum Gasteiger partial charge on any atom is 0.165 e. The fourth-order valence-corrected chi connectivity index (χ4v) is 1.56. The minimum atomic E-state index is -0.802. The molecule has 1 rings (SSSR count). The number of hydrogen-bond acceptors (Lipinski definition) is 4. The highest BCUT2D eigenvalue weighted by Gasteiger charge is 2.36. The van der Waals surface area contributed by atoms with E-state index in [1.54, 1.807) is 27.4 Å². The predicted octanol–water partition coefficient (Wildman–Crippen LogP) is 0.567. The molecule has 0 N–H and O–H groups in total. The zero-order chi connectivity index (χ0) is 12.0. The largest absolute Gasteiger partial charge is 0.380 e. The topological polar surface area (TPSA) is 44.8 Å². The number of carbonyl (C=O) groups is 1. The Balaban J connectivity index is 2.84. The second-order valence-corrected chi connectivity index (χ2v) is 3.53. The van der Waals surface area contributed by atoms with Gasteiger partial charge in [0.15, 0.2) is 11.4 Å². The SMILES string of the molecule is COCC#CC1(OC)C=C(COC)C(=O)C1. The Labute approximate surface area is 95.6 Å². The Kier molecular flexibility index (Phi) is 4.69. The van der Waals surface area contributed by atoms with Crippen LogP contribution in [0, 0.1) is 11.8 Å². The fourth-order valence-electron chi connectivity index (χ4n) is 1.56. The first kappa shape index (κ1) is 12.9. The first-order valence-electron chi connectivity index (χ1n) is 4.95. The van der Waals surface area contributed by atoms with Crippen molar-refractivity contribution in [2.75, 3.05) is 34.5 Å². The average Bonchev–Trinajstić information content (AvgIpc) is 2.58. The van der Waals surface area contributed by atoms with Crippen LogP contribution in [-0.4, -0.2) is 45.9 Å². The summed E-state index contributed by atoms with van der Waals surface area (Å²) < 4.78 is 15.1. The maximum absolute atomic E-state index is 11.6. The molecule has 0 aromatic heterocycles. The van der Waals surface area contributed by atoms with Gasteiger partial charge in [0.05, 0.1) is 13.0 Å². The van der Waals surface area contributed by atoms with Crippen LogP contribution < -0.4 is 0 Å². The van der Waals surface area contributed by atoms with E-state index < -0.39 is 5.60 Å². The third-order valence-electron chi connectivity index (χ3n) is 2.37.